The molecule has 1 N–H and O–H groups in total. The largest absolute Gasteiger partial charge is 0.334 e. The molecule has 0 unspecified atom stereocenters. The number of benzene rings is 2. The number of imidazole rings is 1. The fraction of sp³-hybridized carbons (Fsp3) is 0.0714. The molecule has 0 aliphatic carbocycles. The van der Waals surface area contributed by atoms with Gasteiger partial charge in [0.15, 0.2) is 0 Å². The highest BCUT2D eigenvalue weighted by molar-refractivity contribution is 6.43. The number of alkyl halides is 1. The number of rotatable bonds is 6. The molecule has 0 aliphatic heterocycles. The van der Waals surface area contributed by atoms with Crippen molar-refractivity contribution in [1.29, 1.82) is 5.26 Å². The van der Waals surface area contributed by atoms with Crippen molar-refractivity contribution < 1.29 is 9.59 Å². The lowest BCUT2D eigenvalue weighted by atomic mass is 10.0. The van der Waals surface area contributed by atoms with E-state index in [0.717, 1.165) is 16.6 Å². The van der Waals surface area contributed by atoms with Crippen LogP contribution in [0.1, 0.15) is 21.6 Å². The summed E-state index contributed by atoms with van der Waals surface area (Å²) < 4.78 is 3.60. The lowest BCUT2D eigenvalue weighted by Crippen LogP contribution is -2.11. The SMILES string of the molecule is Cn1cnc2c(Cl)c(-c3cccn4c(C(=O)c5ccc(NC(=O)/C=C/CCl)c(C#N)c5)ccc34)c(Cl)cc21. The van der Waals surface area contributed by atoms with Gasteiger partial charge >= 0.3 is 0 Å². The molecule has 7 nitrogen and oxygen atoms in total. The molecule has 5 rings (SSSR count). The zero-order chi connectivity index (χ0) is 27.0. The van der Waals surface area contributed by atoms with Crippen LogP contribution in [0.25, 0.3) is 27.7 Å². The van der Waals surface area contributed by atoms with Gasteiger partial charge in [-0.15, -0.1) is 11.6 Å². The van der Waals surface area contributed by atoms with Gasteiger partial charge in [0.25, 0.3) is 0 Å². The number of carbonyl (C=O) groups excluding carboxylic acids is 2. The second-order valence-electron chi connectivity index (χ2n) is 8.41. The zero-order valence-electron chi connectivity index (χ0n) is 19.9. The van der Waals surface area contributed by atoms with Crippen molar-refractivity contribution in [1.82, 2.24) is 14.0 Å². The Morgan fingerprint density at radius 3 is 2.71 bits per heavy atom. The Morgan fingerprint density at radius 1 is 1.13 bits per heavy atom. The molecule has 0 fully saturated rings. The lowest BCUT2D eigenvalue weighted by Gasteiger charge is -2.12. The summed E-state index contributed by atoms with van der Waals surface area (Å²) >= 11 is 19.0. The van der Waals surface area contributed by atoms with Crippen LogP contribution >= 0.6 is 34.8 Å². The predicted octanol–water partition coefficient (Wildman–Crippen LogP) is 6.64. The average molecular weight is 563 g/mol. The number of pyridine rings is 1. The molecule has 38 heavy (non-hydrogen) atoms. The number of hydrogen-bond donors (Lipinski definition) is 1. The first kappa shape index (κ1) is 25.6. The van der Waals surface area contributed by atoms with Gasteiger partial charge in [-0.1, -0.05) is 35.3 Å². The first-order chi connectivity index (χ1) is 18.3. The smallest absolute Gasteiger partial charge is 0.248 e. The lowest BCUT2D eigenvalue weighted by molar-refractivity contribution is -0.111. The number of aromatic nitrogens is 3. The number of anilines is 1. The van der Waals surface area contributed by atoms with Crippen molar-refractivity contribution in [3.05, 3.63) is 100 Å². The molecule has 5 aromatic rings. The maximum Gasteiger partial charge on any atom is 0.248 e. The Bertz CT molecular complexity index is 1830. The summed E-state index contributed by atoms with van der Waals surface area (Å²) in [5, 5.41) is 13.1. The molecule has 188 valence electrons. The normalized spacial score (nSPS) is 11.3. The van der Waals surface area contributed by atoms with Gasteiger partial charge in [-0.2, -0.15) is 5.26 Å². The topological polar surface area (TPSA) is 92.2 Å². The molecular formula is C28H18Cl3N5O2. The molecule has 0 spiro atoms. The molecule has 0 radical (unpaired) electrons. The monoisotopic (exact) mass is 561 g/mol. The number of nitrogens with one attached hydrogen (secondary N) is 1. The third-order valence-electron chi connectivity index (χ3n) is 6.12. The van der Waals surface area contributed by atoms with Crippen molar-refractivity contribution in [2.24, 2.45) is 7.05 Å². The van der Waals surface area contributed by atoms with Crippen LogP contribution in [0.15, 0.2) is 73.2 Å². The summed E-state index contributed by atoms with van der Waals surface area (Å²) in [7, 11) is 1.87. The molecule has 3 aromatic heterocycles. The van der Waals surface area contributed by atoms with Crippen molar-refractivity contribution in [3.63, 3.8) is 0 Å². The highest BCUT2D eigenvalue weighted by Gasteiger charge is 2.21. The zero-order valence-corrected chi connectivity index (χ0v) is 22.1. The molecule has 0 saturated carbocycles. The number of ketones is 1. The van der Waals surface area contributed by atoms with Crippen molar-refractivity contribution in [3.8, 4) is 17.2 Å². The fourth-order valence-electron chi connectivity index (χ4n) is 4.34. The van der Waals surface area contributed by atoms with Crippen molar-refractivity contribution in [2.45, 2.75) is 0 Å². The summed E-state index contributed by atoms with van der Waals surface area (Å²) in [5.41, 5.74) is 4.68. The third kappa shape index (κ3) is 4.44. The summed E-state index contributed by atoms with van der Waals surface area (Å²) in [6, 6.07) is 15.6. The average Bonchev–Trinajstić information content (AvgIpc) is 3.51. The second-order valence-corrected chi connectivity index (χ2v) is 9.51. The quantitative estimate of drug-likeness (QED) is 0.143. The van der Waals surface area contributed by atoms with Crippen LogP contribution in [0.2, 0.25) is 10.0 Å². The Hall–Kier alpha value is -4.09. The summed E-state index contributed by atoms with van der Waals surface area (Å²) in [5.74, 6) is -0.529. The number of amides is 1. The maximum absolute atomic E-state index is 13.5. The van der Waals surface area contributed by atoms with Crippen LogP contribution < -0.4 is 5.32 Å². The van der Waals surface area contributed by atoms with Crippen LogP contribution in [0.4, 0.5) is 5.69 Å². The van der Waals surface area contributed by atoms with E-state index in [9.17, 15) is 14.9 Å². The van der Waals surface area contributed by atoms with E-state index in [1.807, 2.05) is 41.9 Å². The number of hydrogen-bond acceptors (Lipinski definition) is 4. The highest BCUT2D eigenvalue weighted by Crippen LogP contribution is 2.41. The number of nitrogens with zero attached hydrogens (tertiary/aromatic N) is 4. The summed E-state index contributed by atoms with van der Waals surface area (Å²) in [6.07, 6.45) is 6.22. The minimum Gasteiger partial charge on any atom is -0.334 e. The van der Waals surface area contributed by atoms with Crippen LogP contribution in [0, 0.1) is 11.3 Å². The Kier molecular flexibility index (Phi) is 6.96. The third-order valence-corrected chi connectivity index (χ3v) is 6.97. The minimum absolute atomic E-state index is 0.159. The van der Waals surface area contributed by atoms with Crippen LogP contribution in [-0.2, 0) is 11.8 Å². The summed E-state index contributed by atoms with van der Waals surface area (Å²) in [6.45, 7) is 0. The minimum atomic E-state index is -0.424. The van der Waals surface area contributed by atoms with Crippen LogP contribution in [-0.4, -0.2) is 31.5 Å². The number of carbonyl (C=O) groups is 2. The van der Waals surface area contributed by atoms with E-state index >= 15 is 0 Å². The number of nitriles is 1. The van der Waals surface area contributed by atoms with Gasteiger partial charge in [-0.25, -0.2) is 4.98 Å². The van der Waals surface area contributed by atoms with Gasteiger partial charge in [-0.3, -0.25) is 9.59 Å². The Balaban J connectivity index is 1.55. The Morgan fingerprint density at radius 2 is 1.95 bits per heavy atom. The van der Waals surface area contributed by atoms with Gasteiger partial charge in [0.1, 0.15) is 11.6 Å². The van der Waals surface area contributed by atoms with Gasteiger partial charge < -0.3 is 14.3 Å². The van der Waals surface area contributed by atoms with Gasteiger partial charge in [0, 0.05) is 41.9 Å². The number of fused-ring (bicyclic) bond motifs is 2. The molecule has 1 amide bonds. The van der Waals surface area contributed by atoms with E-state index in [2.05, 4.69) is 10.3 Å². The first-order valence-corrected chi connectivity index (χ1v) is 12.6. The van der Waals surface area contributed by atoms with E-state index in [-0.39, 0.29) is 17.2 Å². The molecule has 0 saturated heterocycles. The van der Waals surface area contributed by atoms with E-state index in [1.165, 1.54) is 24.3 Å². The van der Waals surface area contributed by atoms with Crippen molar-refractivity contribution >= 4 is 68.7 Å². The number of halogens is 3. The second kappa shape index (κ2) is 10.3. The Labute approximate surface area is 232 Å². The van der Waals surface area contributed by atoms with E-state index in [4.69, 9.17) is 34.8 Å². The number of aryl methyl sites for hydroxylation is 1. The highest BCUT2D eigenvalue weighted by atomic mass is 35.5. The number of allylic oxidation sites excluding steroid dienone is 1. The van der Waals surface area contributed by atoms with Gasteiger partial charge in [-0.05, 0) is 42.5 Å². The molecular weight excluding hydrogens is 545 g/mol. The van der Waals surface area contributed by atoms with E-state index in [1.54, 1.807) is 29.1 Å². The van der Waals surface area contributed by atoms with Gasteiger partial charge in [0.2, 0.25) is 11.7 Å². The van der Waals surface area contributed by atoms with Crippen LogP contribution in [0.3, 0.4) is 0 Å². The summed E-state index contributed by atoms with van der Waals surface area (Å²) in [4.78, 5) is 29.9. The maximum atomic E-state index is 13.5. The fourth-order valence-corrected chi connectivity index (χ4v) is 5.12. The standard InChI is InChI=1S/C28H18Cl3N5O2/c1-35-15-33-27-23(35)13-19(30)25(26(27)31)18-4-3-11-36-21(18)8-9-22(36)28(38)16-6-7-20(17(12-16)14-32)34-24(37)5-2-10-29/h2-9,11-13,15H,10H2,1H3,(H,34,37)/b5-2+. The van der Waals surface area contributed by atoms with Gasteiger partial charge in [0.05, 0.1) is 44.4 Å². The van der Waals surface area contributed by atoms with Crippen molar-refractivity contribution in [2.75, 3.05) is 11.2 Å². The molecule has 10 heteroatoms. The van der Waals surface area contributed by atoms with E-state index < -0.39 is 5.91 Å². The van der Waals surface area contributed by atoms with E-state index in [0.29, 0.717) is 38.1 Å². The molecule has 3 heterocycles. The predicted molar refractivity (Wildman–Crippen MR) is 150 cm³/mol. The molecule has 2 aromatic carbocycles. The first-order valence-electron chi connectivity index (χ1n) is 11.4. The van der Waals surface area contributed by atoms with Crippen LogP contribution in [0.5, 0.6) is 0 Å². The molecule has 0 aliphatic rings. The molecule has 0 bridgehead atoms. The molecule has 0 atom stereocenters.